The summed E-state index contributed by atoms with van der Waals surface area (Å²) in [5.41, 5.74) is 1.03. The molecule has 0 aliphatic heterocycles. The molecule has 2 rings (SSSR count). The standard InChI is InChI=1S/C16H24FNO/c1-3-10-18-15(8-6-12-4-5-12)13-7-9-16(19-2)14(17)11-13/h7,9,11-12,15,18H,3-6,8,10H2,1-2H3. The fourth-order valence-corrected chi connectivity index (χ4v) is 2.41. The van der Waals surface area contributed by atoms with E-state index in [-0.39, 0.29) is 11.9 Å². The van der Waals surface area contributed by atoms with Gasteiger partial charge in [0.2, 0.25) is 0 Å². The van der Waals surface area contributed by atoms with E-state index in [9.17, 15) is 4.39 Å². The summed E-state index contributed by atoms with van der Waals surface area (Å²) in [5.74, 6) is 0.962. The Labute approximate surface area is 115 Å². The van der Waals surface area contributed by atoms with Gasteiger partial charge in [0.05, 0.1) is 7.11 Å². The molecule has 0 amide bonds. The lowest BCUT2D eigenvalue weighted by molar-refractivity contribution is 0.384. The normalized spacial score (nSPS) is 16.4. The highest BCUT2D eigenvalue weighted by Gasteiger charge is 2.23. The zero-order chi connectivity index (χ0) is 13.7. The van der Waals surface area contributed by atoms with Gasteiger partial charge in [0.1, 0.15) is 0 Å². The fraction of sp³-hybridized carbons (Fsp3) is 0.625. The first kappa shape index (κ1) is 14.3. The van der Waals surface area contributed by atoms with Crippen LogP contribution in [0, 0.1) is 11.7 Å². The van der Waals surface area contributed by atoms with Gasteiger partial charge in [-0.2, -0.15) is 0 Å². The number of hydrogen-bond donors (Lipinski definition) is 1. The van der Waals surface area contributed by atoms with E-state index in [0.717, 1.165) is 30.9 Å². The molecule has 0 saturated heterocycles. The van der Waals surface area contributed by atoms with Gasteiger partial charge in [-0.05, 0) is 49.4 Å². The number of benzene rings is 1. The molecule has 0 aromatic heterocycles. The predicted octanol–water partition coefficient (Wildman–Crippen LogP) is 4.07. The average molecular weight is 265 g/mol. The van der Waals surface area contributed by atoms with Crippen LogP contribution in [0.3, 0.4) is 0 Å². The highest BCUT2D eigenvalue weighted by molar-refractivity contribution is 5.31. The predicted molar refractivity (Wildman–Crippen MR) is 75.9 cm³/mol. The second-order valence-electron chi connectivity index (χ2n) is 5.42. The Morgan fingerprint density at radius 3 is 2.79 bits per heavy atom. The molecule has 1 N–H and O–H groups in total. The largest absolute Gasteiger partial charge is 0.494 e. The molecule has 19 heavy (non-hydrogen) atoms. The van der Waals surface area contributed by atoms with Gasteiger partial charge in [-0.3, -0.25) is 0 Å². The molecule has 0 bridgehead atoms. The Hall–Kier alpha value is -1.09. The van der Waals surface area contributed by atoms with Gasteiger partial charge >= 0.3 is 0 Å². The van der Waals surface area contributed by atoms with Gasteiger partial charge in [0.25, 0.3) is 0 Å². The van der Waals surface area contributed by atoms with Crippen LogP contribution in [-0.4, -0.2) is 13.7 Å². The van der Waals surface area contributed by atoms with E-state index in [1.807, 2.05) is 6.07 Å². The van der Waals surface area contributed by atoms with Crippen molar-refractivity contribution < 1.29 is 9.13 Å². The Morgan fingerprint density at radius 2 is 2.21 bits per heavy atom. The number of ether oxygens (including phenoxy) is 1. The molecule has 1 aromatic rings. The fourth-order valence-electron chi connectivity index (χ4n) is 2.41. The minimum atomic E-state index is -0.269. The monoisotopic (exact) mass is 265 g/mol. The number of halogens is 1. The molecule has 0 heterocycles. The molecule has 1 fully saturated rings. The quantitative estimate of drug-likeness (QED) is 0.765. The summed E-state index contributed by atoms with van der Waals surface area (Å²) < 4.78 is 18.8. The molecule has 3 heteroatoms. The van der Waals surface area contributed by atoms with E-state index in [1.54, 1.807) is 12.1 Å². The van der Waals surface area contributed by atoms with Crippen molar-refractivity contribution in [3.8, 4) is 5.75 Å². The minimum absolute atomic E-state index is 0.265. The maximum atomic E-state index is 13.8. The first-order chi connectivity index (χ1) is 9.24. The van der Waals surface area contributed by atoms with Gasteiger partial charge in [-0.1, -0.05) is 25.8 Å². The topological polar surface area (TPSA) is 21.3 Å². The van der Waals surface area contributed by atoms with Crippen molar-refractivity contribution in [2.24, 2.45) is 5.92 Å². The highest BCUT2D eigenvalue weighted by atomic mass is 19.1. The van der Waals surface area contributed by atoms with Crippen molar-refractivity contribution in [2.75, 3.05) is 13.7 Å². The Kier molecular flexibility index (Phi) is 5.20. The van der Waals surface area contributed by atoms with Crippen LogP contribution in [0.4, 0.5) is 4.39 Å². The first-order valence-corrected chi connectivity index (χ1v) is 7.31. The molecule has 1 saturated carbocycles. The molecule has 0 radical (unpaired) electrons. The minimum Gasteiger partial charge on any atom is -0.494 e. The molecule has 106 valence electrons. The van der Waals surface area contributed by atoms with E-state index in [4.69, 9.17) is 4.74 Å². The van der Waals surface area contributed by atoms with E-state index in [1.165, 1.54) is 26.4 Å². The van der Waals surface area contributed by atoms with E-state index in [0.29, 0.717) is 5.75 Å². The molecule has 1 aliphatic carbocycles. The Morgan fingerprint density at radius 1 is 1.42 bits per heavy atom. The summed E-state index contributed by atoms with van der Waals surface area (Å²) in [6.07, 6.45) is 6.18. The highest BCUT2D eigenvalue weighted by Crippen LogP contribution is 2.36. The lowest BCUT2D eigenvalue weighted by Crippen LogP contribution is -2.22. The SMILES string of the molecule is CCCNC(CCC1CC1)c1ccc(OC)c(F)c1. The van der Waals surface area contributed by atoms with E-state index >= 15 is 0 Å². The maximum Gasteiger partial charge on any atom is 0.165 e. The zero-order valence-electron chi connectivity index (χ0n) is 11.9. The Bertz CT molecular complexity index is 404. The van der Waals surface area contributed by atoms with Gasteiger partial charge in [0, 0.05) is 6.04 Å². The number of methoxy groups -OCH3 is 1. The number of nitrogens with one attached hydrogen (secondary N) is 1. The van der Waals surface area contributed by atoms with Gasteiger partial charge in [0.15, 0.2) is 11.6 Å². The summed E-state index contributed by atoms with van der Waals surface area (Å²) in [6.45, 7) is 3.13. The van der Waals surface area contributed by atoms with Gasteiger partial charge in [-0.25, -0.2) is 4.39 Å². The molecule has 1 aliphatic rings. The molecule has 0 spiro atoms. The van der Waals surface area contributed by atoms with Crippen LogP contribution in [0.5, 0.6) is 5.75 Å². The van der Waals surface area contributed by atoms with Crippen LogP contribution >= 0.6 is 0 Å². The van der Waals surface area contributed by atoms with Crippen molar-refractivity contribution in [3.05, 3.63) is 29.6 Å². The van der Waals surface area contributed by atoms with E-state index in [2.05, 4.69) is 12.2 Å². The van der Waals surface area contributed by atoms with Gasteiger partial charge in [-0.15, -0.1) is 0 Å². The van der Waals surface area contributed by atoms with E-state index < -0.39 is 0 Å². The van der Waals surface area contributed by atoms with Crippen LogP contribution < -0.4 is 10.1 Å². The van der Waals surface area contributed by atoms with Crippen LogP contribution in [-0.2, 0) is 0 Å². The summed E-state index contributed by atoms with van der Waals surface area (Å²) in [5, 5.41) is 3.53. The molecular weight excluding hydrogens is 241 g/mol. The van der Waals surface area contributed by atoms with Gasteiger partial charge < -0.3 is 10.1 Å². The van der Waals surface area contributed by atoms with Crippen molar-refractivity contribution in [3.63, 3.8) is 0 Å². The lowest BCUT2D eigenvalue weighted by Gasteiger charge is -2.19. The molecule has 1 atom stereocenters. The van der Waals surface area contributed by atoms with Crippen LogP contribution in [0.15, 0.2) is 18.2 Å². The summed E-state index contributed by atoms with van der Waals surface area (Å²) in [4.78, 5) is 0. The third-order valence-electron chi connectivity index (χ3n) is 3.78. The summed E-state index contributed by atoms with van der Waals surface area (Å²) in [6, 6.07) is 5.57. The molecule has 1 unspecified atom stereocenters. The third kappa shape index (κ3) is 4.20. The second-order valence-corrected chi connectivity index (χ2v) is 5.42. The third-order valence-corrected chi connectivity index (χ3v) is 3.78. The van der Waals surface area contributed by atoms with Crippen LogP contribution in [0.1, 0.15) is 50.6 Å². The molecular formula is C16H24FNO. The summed E-state index contributed by atoms with van der Waals surface area (Å²) >= 11 is 0. The van der Waals surface area contributed by atoms with Crippen molar-refractivity contribution in [2.45, 2.75) is 45.1 Å². The van der Waals surface area contributed by atoms with Crippen molar-refractivity contribution >= 4 is 0 Å². The zero-order valence-corrected chi connectivity index (χ0v) is 11.9. The van der Waals surface area contributed by atoms with Crippen LogP contribution in [0.25, 0.3) is 0 Å². The van der Waals surface area contributed by atoms with Crippen molar-refractivity contribution in [1.82, 2.24) is 5.32 Å². The number of hydrogen-bond acceptors (Lipinski definition) is 2. The Balaban J connectivity index is 2.03. The van der Waals surface area contributed by atoms with Crippen LogP contribution in [0.2, 0.25) is 0 Å². The molecule has 1 aromatic carbocycles. The molecule has 2 nitrogen and oxygen atoms in total. The van der Waals surface area contributed by atoms with Crippen molar-refractivity contribution in [1.29, 1.82) is 0 Å². The lowest BCUT2D eigenvalue weighted by atomic mass is 10.00. The smallest absolute Gasteiger partial charge is 0.165 e. The second kappa shape index (κ2) is 6.90. The first-order valence-electron chi connectivity index (χ1n) is 7.31. The summed E-state index contributed by atoms with van der Waals surface area (Å²) in [7, 11) is 1.50. The average Bonchev–Trinajstić information content (AvgIpc) is 3.23. The maximum absolute atomic E-state index is 13.8. The number of rotatable bonds is 8.